The van der Waals surface area contributed by atoms with Crippen LogP contribution in [0.5, 0.6) is 0 Å². The van der Waals surface area contributed by atoms with Gasteiger partial charge in [0.05, 0.1) is 17.4 Å². The van der Waals surface area contributed by atoms with Crippen LogP contribution in [-0.2, 0) is 0 Å². The van der Waals surface area contributed by atoms with Gasteiger partial charge in [0.15, 0.2) is 0 Å². The van der Waals surface area contributed by atoms with Crippen LogP contribution >= 0.6 is 23.2 Å². The second-order valence-corrected chi connectivity index (χ2v) is 5.12. The van der Waals surface area contributed by atoms with E-state index in [1.165, 1.54) is 0 Å². The zero-order chi connectivity index (χ0) is 14.5. The van der Waals surface area contributed by atoms with E-state index in [-0.39, 0.29) is 6.54 Å². The van der Waals surface area contributed by atoms with E-state index in [1.54, 1.807) is 42.5 Å². The molecular weight excluding hydrogens is 295 g/mol. The topological polar surface area (TPSA) is 56.0 Å². The highest BCUT2D eigenvalue weighted by Gasteiger charge is 2.09. The SMILES string of the molecule is N#Cc1ccc(Cl)cc1NCC(O)c1ccc(Cl)cc1. The number of rotatable bonds is 4. The van der Waals surface area contributed by atoms with E-state index < -0.39 is 6.10 Å². The van der Waals surface area contributed by atoms with Crippen molar-refractivity contribution < 1.29 is 5.11 Å². The van der Waals surface area contributed by atoms with E-state index in [9.17, 15) is 5.11 Å². The van der Waals surface area contributed by atoms with Gasteiger partial charge in [0.25, 0.3) is 0 Å². The van der Waals surface area contributed by atoms with Gasteiger partial charge < -0.3 is 10.4 Å². The number of hydrogen-bond donors (Lipinski definition) is 2. The minimum Gasteiger partial charge on any atom is -0.387 e. The Morgan fingerprint density at radius 2 is 1.75 bits per heavy atom. The third-order valence-electron chi connectivity index (χ3n) is 2.84. The van der Waals surface area contributed by atoms with E-state index in [0.717, 1.165) is 5.56 Å². The number of aliphatic hydroxyl groups is 1. The summed E-state index contributed by atoms with van der Waals surface area (Å²) in [6.45, 7) is 0.274. The molecule has 102 valence electrons. The average Bonchev–Trinajstić information content (AvgIpc) is 2.45. The van der Waals surface area contributed by atoms with Crippen LogP contribution in [0.1, 0.15) is 17.2 Å². The smallest absolute Gasteiger partial charge is 0.101 e. The molecule has 20 heavy (non-hydrogen) atoms. The van der Waals surface area contributed by atoms with Crippen molar-refractivity contribution in [2.75, 3.05) is 11.9 Å². The molecule has 2 rings (SSSR count). The highest BCUT2D eigenvalue weighted by atomic mass is 35.5. The number of aliphatic hydroxyl groups excluding tert-OH is 1. The molecular formula is C15H12Cl2N2O. The van der Waals surface area contributed by atoms with Gasteiger partial charge in [0, 0.05) is 16.6 Å². The van der Waals surface area contributed by atoms with Crippen LogP contribution in [-0.4, -0.2) is 11.7 Å². The van der Waals surface area contributed by atoms with Crippen molar-refractivity contribution >= 4 is 28.9 Å². The molecule has 0 amide bonds. The predicted octanol–water partition coefficient (Wildman–Crippen LogP) is 4.01. The van der Waals surface area contributed by atoms with Crippen LogP contribution in [0.3, 0.4) is 0 Å². The van der Waals surface area contributed by atoms with E-state index in [2.05, 4.69) is 11.4 Å². The lowest BCUT2D eigenvalue weighted by Crippen LogP contribution is -2.12. The molecule has 1 unspecified atom stereocenters. The van der Waals surface area contributed by atoms with Crippen molar-refractivity contribution in [2.45, 2.75) is 6.10 Å². The quantitative estimate of drug-likeness (QED) is 0.897. The molecule has 0 aliphatic heterocycles. The Bertz CT molecular complexity index is 635. The number of halogens is 2. The number of nitriles is 1. The maximum Gasteiger partial charge on any atom is 0.101 e. The fourth-order valence-corrected chi connectivity index (χ4v) is 2.07. The van der Waals surface area contributed by atoms with E-state index in [1.807, 2.05) is 0 Å². The summed E-state index contributed by atoms with van der Waals surface area (Å²) >= 11 is 11.7. The summed E-state index contributed by atoms with van der Waals surface area (Å²) in [5.74, 6) is 0. The van der Waals surface area contributed by atoms with Gasteiger partial charge in [0.1, 0.15) is 6.07 Å². The van der Waals surface area contributed by atoms with Gasteiger partial charge in [-0.2, -0.15) is 5.26 Å². The van der Waals surface area contributed by atoms with Gasteiger partial charge in [-0.05, 0) is 35.9 Å². The lowest BCUT2D eigenvalue weighted by molar-refractivity contribution is 0.191. The molecule has 0 aliphatic carbocycles. The fourth-order valence-electron chi connectivity index (χ4n) is 1.77. The second kappa shape index (κ2) is 6.62. The van der Waals surface area contributed by atoms with Gasteiger partial charge in [-0.3, -0.25) is 0 Å². The van der Waals surface area contributed by atoms with Crippen molar-refractivity contribution in [1.29, 1.82) is 5.26 Å². The summed E-state index contributed by atoms with van der Waals surface area (Å²) in [6, 6.07) is 14.0. The molecule has 0 spiro atoms. The summed E-state index contributed by atoms with van der Waals surface area (Å²) < 4.78 is 0. The third kappa shape index (κ3) is 3.64. The normalized spacial score (nSPS) is 11.7. The van der Waals surface area contributed by atoms with Crippen LogP contribution < -0.4 is 5.32 Å². The lowest BCUT2D eigenvalue weighted by atomic mass is 10.1. The van der Waals surface area contributed by atoms with Crippen LogP contribution in [0.2, 0.25) is 10.0 Å². The molecule has 0 heterocycles. The lowest BCUT2D eigenvalue weighted by Gasteiger charge is -2.14. The van der Waals surface area contributed by atoms with Gasteiger partial charge >= 0.3 is 0 Å². The molecule has 3 nitrogen and oxygen atoms in total. The Morgan fingerprint density at radius 1 is 1.10 bits per heavy atom. The van der Waals surface area contributed by atoms with Crippen molar-refractivity contribution in [1.82, 2.24) is 0 Å². The van der Waals surface area contributed by atoms with Gasteiger partial charge in [-0.15, -0.1) is 0 Å². The zero-order valence-electron chi connectivity index (χ0n) is 10.5. The maximum absolute atomic E-state index is 10.1. The Balaban J connectivity index is 2.07. The van der Waals surface area contributed by atoms with E-state index in [4.69, 9.17) is 28.5 Å². The van der Waals surface area contributed by atoms with Gasteiger partial charge in [-0.1, -0.05) is 35.3 Å². The van der Waals surface area contributed by atoms with Gasteiger partial charge in [0.2, 0.25) is 0 Å². The monoisotopic (exact) mass is 306 g/mol. The summed E-state index contributed by atoms with van der Waals surface area (Å²) in [5.41, 5.74) is 1.84. The first-order chi connectivity index (χ1) is 9.60. The number of anilines is 1. The molecule has 0 bridgehead atoms. The average molecular weight is 307 g/mol. The first-order valence-electron chi connectivity index (χ1n) is 5.97. The Hall–Kier alpha value is -1.73. The number of nitrogens with zero attached hydrogens (tertiary/aromatic N) is 1. The molecule has 1 atom stereocenters. The minimum absolute atomic E-state index is 0.274. The molecule has 0 fully saturated rings. The fraction of sp³-hybridized carbons (Fsp3) is 0.133. The minimum atomic E-state index is -0.696. The predicted molar refractivity (Wildman–Crippen MR) is 81.1 cm³/mol. The molecule has 0 aliphatic rings. The van der Waals surface area contributed by atoms with Gasteiger partial charge in [-0.25, -0.2) is 0 Å². The Kier molecular flexibility index (Phi) is 4.86. The third-order valence-corrected chi connectivity index (χ3v) is 3.33. The zero-order valence-corrected chi connectivity index (χ0v) is 12.0. The van der Waals surface area contributed by atoms with Crippen LogP contribution in [0.25, 0.3) is 0 Å². The molecule has 5 heteroatoms. The summed E-state index contributed by atoms with van der Waals surface area (Å²) in [7, 11) is 0. The summed E-state index contributed by atoms with van der Waals surface area (Å²) in [5, 5.41) is 23.3. The molecule has 2 aromatic carbocycles. The number of hydrogen-bond acceptors (Lipinski definition) is 3. The van der Waals surface area contributed by atoms with Crippen LogP contribution in [0, 0.1) is 11.3 Å². The molecule has 0 radical (unpaired) electrons. The van der Waals surface area contributed by atoms with E-state index >= 15 is 0 Å². The summed E-state index contributed by atoms with van der Waals surface area (Å²) in [6.07, 6.45) is -0.696. The molecule has 0 saturated carbocycles. The molecule has 0 aromatic heterocycles. The first kappa shape index (κ1) is 14.7. The maximum atomic E-state index is 10.1. The van der Waals surface area contributed by atoms with Crippen molar-refractivity contribution in [3.8, 4) is 6.07 Å². The number of nitrogens with one attached hydrogen (secondary N) is 1. The number of benzene rings is 2. The molecule has 0 saturated heterocycles. The molecule has 2 aromatic rings. The Labute approximate surface area is 127 Å². The van der Waals surface area contributed by atoms with Crippen molar-refractivity contribution in [3.05, 3.63) is 63.6 Å². The van der Waals surface area contributed by atoms with Crippen molar-refractivity contribution in [2.24, 2.45) is 0 Å². The van der Waals surface area contributed by atoms with Crippen molar-refractivity contribution in [3.63, 3.8) is 0 Å². The standard InChI is InChI=1S/C15H12Cl2N2O/c16-12-4-1-10(2-5-12)15(20)9-19-14-7-13(17)6-3-11(14)8-18/h1-7,15,19-20H,9H2. The summed E-state index contributed by atoms with van der Waals surface area (Å²) in [4.78, 5) is 0. The first-order valence-corrected chi connectivity index (χ1v) is 6.73. The molecule has 2 N–H and O–H groups in total. The van der Waals surface area contributed by atoms with Crippen LogP contribution in [0.4, 0.5) is 5.69 Å². The Morgan fingerprint density at radius 3 is 2.40 bits per heavy atom. The highest BCUT2D eigenvalue weighted by Crippen LogP contribution is 2.22. The van der Waals surface area contributed by atoms with Crippen LogP contribution in [0.15, 0.2) is 42.5 Å². The van der Waals surface area contributed by atoms with E-state index in [0.29, 0.717) is 21.3 Å². The largest absolute Gasteiger partial charge is 0.387 e. The highest BCUT2D eigenvalue weighted by molar-refractivity contribution is 6.31. The second-order valence-electron chi connectivity index (χ2n) is 4.25.